The van der Waals surface area contributed by atoms with Gasteiger partial charge in [0.05, 0.1) is 20.3 Å². The molecule has 0 aromatic heterocycles. The van der Waals surface area contributed by atoms with E-state index in [2.05, 4.69) is 4.90 Å². The number of nitrogens with two attached hydrogens (primary N) is 1. The lowest BCUT2D eigenvalue weighted by Gasteiger charge is -2.26. The van der Waals surface area contributed by atoms with Crippen molar-refractivity contribution < 1.29 is 19.0 Å². The van der Waals surface area contributed by atoms with E-state index in [-0.39, 0.29) is 5.56 Å². The van der Waals surface area contributed by atoms with E-state index in [1.807, 2.05) is 0 Å². The summed E-state index contributed by atoms with van der Waals surface area (Å²) >= 11 is 0. The van der Waals surface area contributed by atoms with Gasteiger partial charge < -0.3 is 19.9 Å². The molecule has 1 fully saturated rings. The van der Waals surface area contributed by atoms with E-state index in [1.54, 1.807) is 18.2 Å². The number of morpholine rings is 1. The summed E-state index contributed by atoms with van der Waals surface area (Å²) in [5.74, 6) is -0.0189. The van der Waals surface area contributed by atoms with Gasteiger partial charge in [-0.05, 0) is 12.1 Å². The zero-order chi connectivity index (χ0) is 14.4. The monoisotopic (exact) mass is 280 g/mol. The van der Waals surface area contributed by atoms with Crippen molar-refractivity contribution in [3.63, 3.8) is 0 Å². The van der Waals surface area contributed by atoms with E-state index in [0.29, 0.717) is 24.6 Å². The third-order valence-electron chi connectivity index (χ3n) is 3.23. The number of hydrogen-bond acceptors (Lipinski definition) is 6. The van der Waals surface area contributed by atoms with Crippen molar-refractivity contribution >= 4 is 11.7 Å². The molecule has 2 N–H and O–H groups in total. The molecule has 1 aromatic rings. The summed E-state index contributed by atoms with van der Waals surface area (Å²) in [7, 11) is 1.50. The first-order valence-electron chi connectivity index (χ1n) is 6.62. The second-order valence-corrected chi connectivity index (χ2v) is 4.51. The fourth-order valence-electron chi connectivity index (χ4n) is 2.10. The average molecular weight is 280 g/mol. The molecule has 110 valence electrons. The average Bonchev–Trinajstić information content (AvgIpc) is 2.47. The van der Waals surface area contributed by atoms with E-state index in [0.717, 1.165) is 26.3 Å². The zero-order valence-corrected chi connectivity index (χ0v) is 11.6. The van der Waals surface area contributed by atoms with Gasteiger partial charge >= 0.3 is 5.97 Å². The minimum absolute atomic E-state index is 0.289. The molecule has 6 heteroatoms. The first-order valence-corrected chi connectivity index (χ1v) is 6.62. The molecule has 20 heavy (non-hydrogen) atoms. The number of nitrogens with zero attached hydrogens (tertiary/aromatic N) is 1. The van der Waals surface area contributed by atoms with Gasteiger partial charge in [-0.15, -0.1) is 0 Å². The van der Waals surface area contributed by atoms with Crippen LogP contribution in [0.1, 0.15) is 10.4 Å². The molecule has 0 saturated carbocycles. The van der Waals surface area contributed by atoms with Crippen LogP contribution >= 0.6 is 0 Å². The summed E-state index contributed by atoms with van der Waals surface area (Å²) in [6.45, 7) is 4.23. The summed E-state index contributed by atoms with van der Waals surface area (Å²) in [5, 5.41) is 0. The van der Waals surface area contributed by atoms with Gasteiger partial charge in [-0.2, -0.15) is 0 Å². The molecule has 0 amide bonds. The number of esters is 1. The summed E-state index contributed by atoms with van der Waals surface area (Å²) in [6.07, 6.45) is 0. The molecule has 1 aliphatic rings. The molecular weight excluding hydrogens is 260 g/mol. The van der Waals surface area contributed by atoms with Gasteiger partial charge in [-0.25, -0.2) is 4.79 Å². The third-order valence-corrected chi connectivity index (χ3v) is 3.23. The van der Waals surface area contributed by atoms with Crippen LogP contribution in [0.2, 0.25) is 0 Å². The van der Waals surface area contributed by atoms with Gasteiger partial charge in [0.2, 0.25) is 0 Å². The van der Waals surface area contributed by atoms with Gasteiger partial charge in [0.1, 0.15) is 17.9 Å². The highest BCUT2D eigenvalue weighted by atomic mass is 16.5. The number of anilines is 1. The first kappa shape index (κ1) is 14.6. The molecule has 1 aliphatic heterocycles. The van der Waals surface area contributed by atoms with Crippen LogP contribution in [0.5, 0.6) is 5.75 Å². The standard InChI is InChI=1S/C14H20N2O4/c1-18-12-4-2-3-11(15)13(12)14(17)20-10-7-16-5-8-19-9-6-16/h2-4H,5-10,15H2,1H3. The normalized spacial score (nSPS) is 15.8. The van der Waals surface area contributed by atoms with E-state index in [9.17, 15) is 4.79 Å². The van der Waals surface area contributed by atoms with Crippen molar-refractivity contribution in [2.45, 2.75) is 0 Å². The predicted octanol–water partition coefficient (Wildman–Crippen LogP) is 0.766. The van der Waals surface area contributed by atoms with E-state index >= 15 is 0 Å². The highest BCUT2D eigenvalue weighted by molar-refractivity contribution is 5.98. The smallest absolute Gasteiger partial charge is 0.344 e. The van der Waals surface area contributed by atoms with Crippen molar-refractivity contribution in [1.29, 1.82) is 0 Å². The van der Waals surface area contributed by atoms with Crippen LogP contribution in [0.3, 0.4) is 0 Å². The summed E-state index contributed by atoms with van der Waals surface area (Å²) < 4.78 is 15.7. The van der Waals surface area contributed by atoms with Crippen LogP contribution in [-0.2, 0) is 9.47 Å². The number of nitrogen functional groups attached to an aromatic ring is 1. The molecule has 0 atom stereocenters. The molecule has 0 bridgehead atoms. The third kappa shape index (κ3) is 3.61. The maximum absolute atomic E-state index is 12.1. The molecule has 1 aromatic carbocycles. The van der Waals surface area contributed by atoms with E-state index in [4.69, 9.17) is 19.9 Å². The maximum atomic E-state index is 12.1. The Morgan fingerprint density at radius 3 is 2.85 bits per heavy atom. The van der Waals surface area contributed by atoms with Gasteiger partial charge in [-0.1, -0.05) is 6.07 Å². The quantitative estimate of drug-likeness (QED) is 0.634. The van der Waals surface area contributed by atoms with Crippen LogP contribution in [0, 0.1) is 0 Å². The molecule has 0 aliphatic carbocycles. The van der Waals surface area contributed by atoms with Crippen LogP contribution in [0.15, 0.2) is 18.2 Å². The number of ether oxygens (including phenoxy) is 3. The Kier molecular flexibility index (Phi) is 5.20. The minimum Gasteiger partial charge on any atom is -0.496 e. The zero-order valence-electron chi connectivity index (χ0n) is 11.6. The molecule has 6 nitrogen and oxygen atoms in total. The molecule has 0 unspecified atom stereocenters. The Morgan fingerprint density at radius 2 is 2.15 bits per heavy atom. The van der Waals surface area contributed by atoms with Gasteiger partial charge in [-0.3, -0.25) is 4.90 Å². The molecule has 2 rings (SSSR count). The fourth-order valence-corrected chi connectivity index (χ4v) is 2.10. The summed E-state index contributed by atoms with van der Waals surface area (Å²) in [4.78, 5) is 14.3. The lowest BCUT2D eigenvalue weighted by Crippen LogP contribution is -2.38. The molecule has 1 heterocycles. The molecular formula is C14H20N2O4. The number of methoxy groups -OCH3 is 1. The summed E-state index contributed by atoms with van der Waals surface area (Å²) in [5.41, 5.74) is 6.46. The molecule has 0 spiro atoms. The number of hydrogen-bond donors (Lipinski definition) is 1. The maximum Gasteiger partial charge on any atom is 0.344 e. The first-order chi connectivity index (χ1) is 9.72. The van der Waals surface area contributed by atoms with E-state index < -0.39 is 5.97 Å². The number of benzene rings is 1. The lowest BCUT2D eigenvalue weighted by molar-refractivity contribution is 0.0195. The number of carbonyl (C=O) groups is 1. The largest absolute Gasteiger partial charge is 0.496 e. The van der Waals surface area contributed by atoms with Crippen molar-refractivity contribution in [3.8, 4) is 5.75 Å². The minimum atomic E-state index is -0.451. The van der Waals surface area contributed by atoms with Crippen LogP contribution in [-0.4, -0.2) is 57.4 Å². The second kappa shape index (κ2) is 7.12. The van der Waals surface area contributed by atoms with Crippen LogP contribution in [0.25, 0.3) is 0 Å². The Hall–Kier alpha value is -1.79. The van der Waals surface area contributed by atoms with E-state index in [1.165, 1.54) is 7.11 Å². The predicted molar refractivity (Wildman–Crippen MR) is 74.9 cm³/mol. The molecule has 1 saturated heterocycles. The Bertz CT molecular complexity index is 458. The Labute approximate surface area is 118 Å². The highest BCUT2D eigenvalue weighted by Crippen LogP contribution is 2.24. The van der Waals surface area contributed by atoms with Crippen molar-refractivity contribution in [2.75, 3.05) is 52.3 Å². The molecule has 0 radical (unpaired) electrons. The van der Waals surface area contributed by atoms with Crippen LogP contribution in [0.4, 0.5) is 5.69 Å². The Morgan fingerprint density at radius 1 is 1.40 bits per heavy atom. The summed E-state index contributed by atoms with van der Waals surface area (Å²) in [6, 6.07) is 5.08. The van der Waals surface area contributed by atoms with Crippen molar-refractivity contribution in [3.05, 3.63) is 23.8 Å². The fraction of sp³-hybridized carbons (Fsp3) is 0.500. The van der Waals surface area contributed by atoms with Gasteiger partial charge in [0, 0.05) is 25.3 Å². The Balaban J connectivity index is 1.88. The number of rotatable bonds is 5. The van der Waals surface area contributed by atoms with Gasteiger partial charge in [0.25, 0.3) is 0 Å². The van der Waals surface area contributed by atoms with Crippen molar-refractivity contribution in [1.82, 2.24) is 4.90 Å². The number of carbonyl (C=O) groups excluding carboxylic acids is 1. The lowest BCUT2D eigenvalue weighted by atomic mass is 10.1. The SMILES string of the molecule is COc1cccc(N)c1C(=O)OCCN1CCOCC1. The van der Waals surface area contributed by atoms with Crippen molar-refractivity contribution in [2.24, 2.45) is 0 Å². The van der Waals surface area contributed by atoms with Crippen LogP contribution < -0.4 is 10.5 Å². The second-order valence-electron chi connectivity index (χ2n) is 4.51. The topological polar surface area (TPSA) is 74.0 Å². The highest BCUT2D eigenvalue weighted by Gasteiger charge is 2.18. The van der Waals surface area contributed by atoms with Gasteiger partial charge in [0.15, 0.2) is 0 Å².